The zero-order chi connectivity index (χ0) is 11.7. The van der Waals surface area contributed by atoms with Gasteiger partial charge in [-0.3, -0.25) is 0 Å². The second-order valence-electron chi connectivity index (χ2n) is 4.21. The fourth-order valence-corrected chi connectivity index (χ4v) is 2.45. The van der Waals surface area contributed by atoms with E-state index in [4.69, 9.17) is 0 Å². The monoisotopic (exact) mass is 223 g/mol. The van der Waals surface area contributed by atoms with Crippen LogP contribution in [0.15, 0.2) is 48.5 Å². The summed E-state index contributed by atoms with van der Waals surface area (Å²) in [5, 5.41) is 0. The molecular weight excluding hydrogens is 210 g/mol. The summed E-state index contributed by atoms with van der Waals surface area (Å²) in [4.78, 5) is 12.9. The topological polar surface area (TPSA) is 20.3 Å². The zero-order valence-electron chi connectivity index (χ0n) is 9.47. The fourth-order valence-electron chi connectivity index (χ4n) is 2.45. The average molecular weight is 223 g/mol. The maximum atomic E-state index is 10.9. The molecule has 0 N–H and O–H groups in total. The van der Waals surface area contributed by atoms with E-state index in [1.54, 1.807) is 0 Å². The lowest BCUT2D eigenvalue weighted by atomic mass is 9.96. The second kappa shape index (κ2) is 4.06. The molecule has 2 aromatic rings. The number of anilines is 2. The van der Waals surface area contributed by atoms with E-state index in [-0.39, 0.29) is 0 Å². The van der Waals surface area contributed by atoms with E-state index < -0.39 is 0 Å². The number of fused-ring (bicyclic) bond motifs is 2. The van der Waals surface area contributed by atoms with Crippen LogP contribution >= 0.6 is 0 Å². The molecule has 0 aromatic heterocycles. The molecule has 0 saturated heterocycles. The highest BCUT2D eigenvalue weighted by atomic mass is 16.1. The van der Waals surface area contributed by atoms with Gasteiger partial charge in [0.2, 0.25) is 0 Å². The van der Waals surface area contributed by atoms with Crippen molar-refractivity contribution < 1.29 is 4.79 Å². The number of benzene rings is 2. The predicted molar refractivity (Wildman–Crippen MR) is 68.8 cm³/mol. The third-order valence-electron chi connectivity index (χ3n) is 3.20. The molecule has 84 valence electrons. The molecule has 0 spiro atoms. The minimum Gasteiger partial charge on any atom is -0.334 e. The minimum absolute atomic E-state index is 0.411. The maximum absolute atomic E-state index is 10.9. The number of aldehydes is 1. The Bertz CT molecular complexity index is 517. The predicted octanol–water partition coefficient (Wildman–Crippen LogP) is 2.93. The first-order valence-electron chi connectivity index (χ1n) is 5.77. The smallest absolute Gasteiger partial charge is 0.139 e. The van der Waals surface area contributed by atoms with Crippen molar-refractivity contribution in [3.05, 3.63) is 59.7 Å². The van der Waals surface area contributed by atoms with Gasteiger partial charge in [0.1, 0.15) is 6.29 Å². The zero-order valence-corrected chi connectivity index (χ0v) is 9.47. The Kier molecular flexibility index (Phi) is 2.41. The first kappa shape index (κ1) is 10.1. The molecule has 0 unspecified atom stereocenters. The highest BCUT2D eigenvalue weighted by Crippen LogP contribution is 2.37. The molecule has 17 heavy (non-hydrogen) atoms. The minimum atomic E-state index is 0.411. The van der Waals surface area contributed by atoms with Crippen molar-refractivity contribution in [2.75, 3.05) is 11.4 Å². The summed E-state index contributed by atoms with van der Waals surface area (Å²) < 4.78 is 0. The Morgan fingerprint density at radius 3 is 2.00 bits per heavy atom. The summed E-state index contributed by atoms with van der Waals surface area (Å²) in [5.74, 6) is 0. The highest BCUT2D eigenvalue weighted by molar-refractivity contribution is 5.78. The SMILES string of the molecule is O=CCN1c2ccccc2Cc2ccccc21. The van der Waals surface area contributed by atoms with Crippen LogP contribution in [0.5, 0.6) is 0 Å². The largest absolute Gasteiger partial charge is 0.334 e. The van der Waals surface area contributed by atoms with Crippen molar-refractivity contribution >= 4 is 17.7 Å². The molecule has 0 fully saturated rings. The molecule has 0 bridgehead atoms. The molecule has 2 heteroatoms. The molecule has 0 atom stereocenters. The van der Waals surface area contributed by atoms with Crippen molar-refractivity contribution in [1.29, 1.82) is 0 Å². The van der Waals surface area contributed by atoms with Crippen molar-refractivity contribution in [1.82, 2.24) is 0 Å². The summed E-state index contributed by atoms with van der Waals surface area (Å²) in [7, 11) is 0. The van der Waals surface area contributed by atoms with Gasteiger partial charge in [0.25, 0.3) is 0 Å². The summed E-state index contributed by atoms with van der Waals surface area (Å²) >= 11 is 0. The number of hydrogen-bond donors (Lipinski definition) is 0. The van der Waals surface area contributed by atoms with Gasteiger partial charge in [-0.15, -0.1) is 0 Å². The van der Waals surface area contributed by atoms with Crippen LogP contribution in [0.4, 0.5) is 11.4 Å². The molecule has 1 heterocycles. The van der Waals surface area contributed by atoms with Crippen LogP contribution in [-0.2, 0) is 11.2 Å². The summed E-state index contributed by atoms with van der Waals surface area (Å²) in [6.07, 6.45) is 1.90. The average Bonchev–Trinajstić information content (AvgIpc) is 2.39. The Labute approximate surface area is 100 Å². The van der Waals surface area contributed by atoms with E-state index in [2.05, 4.69) is 29.2 Å². The lowest BCUT2D eigenvalue weighted by molar-refractivity contribution is -0.106. The molecule has 2 nitrogen and oxygen atoms in total. The van der Waals surface area contributed by atoms with Crippen LogP contribution in [0.2, 0.25) is 0 Å². The van der Waals surface area contributed by atoms with Crippen LogP contribution in [-0.4, -0.2) is 12.8 Å². The molecular formula is C15H13NO. The Hall–Kier alpha value is -2.09. The van der Waals surface area contributed by atoms with Crippen molar-refractivity contribution in [2.45, 2.75) is 6.42 Å². The number of rotatable bonds is 2. The molecule has 3 rings (SSSR count). The van der Waals surface area contributed by atoms with Gasteiger partial charge in [-0.25, -0.2) is 0 Å². The van der Waals surface area contributed by atoms with Crippen molar-refractivity contribution in [3.63, 3.8) is 0 Å². The van der Waals surface area contributed by atoms with Crippen molar-refractivity contribution in [3.8, 4) is 0 Å². The lowest BCUT2D eigenvalue weighted by Crippen LogP contribution is -2.25. The molecule has 2 aromatic carbocycles. The van der Waals surface area contributed by atoms with E-state index >= 15 is 0 Å². The first-order chi connectivity index (χ1) is 8.40. The highest BCUT2D eigenvalue weighted by Gasteiger charge is 2.20. The van der Waals surface area contributed by atoms with Gasteiger partial charge >= 0.3 is 0 Å². The third kappa shape index (κ3) is 1.62. The fraction of sp³-hybridized carbons (Fsp3) is 0.133. The first-order valence-corrected chi connectivity index (χ1v) is 5.77. The molecule has 0 radical (unpaired) electrons. The molecule has 0 aliphatic carbocycles. The van der Waals surface area contributed by atoms with Crippen LogP contribution in [0.3, 0.4) is 0 Å². The summed E-state index contributed by atoms with van der Waals surface area (Å²) in [5.41, 5.74) is 4.87. The van der Waals surface area contributed by atoms with Gasteiger partial charge in [-0.05, 0) is 23.3 Å². The Morgan fingerprint density at radius 1 is 0.941 bits per heavy atom. The number of carbonyl (C=O) groups excluding carboxylic acids is 1. The van der Waals surface area contributed by atoms with Gasteiger partial charge in [0.15, 0.2) is 0 Å². The molecule has 1 aliphatic rings. The standard InChI is InChI=1S/C15H13NO/c17-10-9-16-14-7-3-1-5-12(14)11-13-6-2-4-8-15(13)16/h1-8,10H,9,11H2. The number of hydrogen-bond acceptors (Lipinski definition) is 2. The van der Waals surface area contributed by atoms with Crippen LogP contribution in [0.25, 0.3) is 0 Å². The van der Waals surface area contributed by atoms with Crippen LogP contribution in [0, 0.1) is 0 Å². The second-order valence-corrected chi connectivity index (χ2v) is 4.21. The van der Waals surface area contributed by atoms with E-state index in [0.717, 1.165) is 24.1 Å². The molecule has 0 saturated carbocycles. The number of nitrogens with zero attached hydrogens (tertiary/aromatic N) is 1. The van der Waals surface area contributed by atoms with Gasteiger partial charge in [-0.2, -0.15) is 0 Å². The quantitative estimate of drug-likeness (QED) is 0.729. The van der Waals surface area contributed by atoms with Gasteiger partial charge < -0.3 is 9.69 Å². The Balaban J connectivity index is 2.16. The van der Waals surface area contributed by atoms with Gasteiger partial charge in [0.05, 0.1) is 6.54 Å². The molecule has 1 aliphatic heterocycles. The van der Waals surface area contributed by atoms with Crippen molar-refractivity contribution in [2.24, 2.45) is 0 Å². The summed E-state index contributed by atoms with van der Waals surface area (Å²) in [6, 6.07) is 16.5. The van der Waals surface area contributed by atoms with Gasteiger partial charge in [-0.1, -0.05) is 36.4 Å². The number of para-hydroxylation sites is 2. The molecule has 0 amide bonds. The van der Waals surface area contributed by atoms with Crippen LogP contribution in [0.1, 0.15) is 11.1 Å². The number of carbonyl (C=O) groups is 1. The van der Waals surface area contributed by atoms with E-state index in [1.807, 2.05) is 24.3 Å². The van der Waals surface area contributed by atoms with E-state index in [9.17, 15) is 4.79 Å². The van der Waals surface area contributed by atoms with Gasteiger partial charge in [0, 0.05) is 17.8 Å². The maximum Gasteiger partial charge on any atom is 0.139 e. The normalized spacial score (nSPS) is 12.8. The van der Waals surface area contributed by atoms with Crippen LogP contribution < -0.4 is 4.90 Å². The van der Waals surface area contributed by atoms with E-state index in [1.165, 1.54) is 11.1 Å². The lowest BCUT2D eigenvalue weighted by Gasteiger charge is -2.31. The Morgan fingerprint density at radius 2 is 1.47 bits per heavy atom. The van der Waals surface area contributed by atoms with E-state index in [0.29, 0.717) is 6.54 Å². The summed E-state index contributed by atoms with van der Waals surface area (Å²) in [6.45, 7) is 0.411. The third-order valence-corrected chi connectivity index (χ3v) is 3.20.